The van der Waals surface area contributed by atoms with Gasteiger partial charge in [0.2, 0.25) is 0 Å². The highest BCUT2D eigenvalue weighted by molar-refractivity contribution is 7.16. The molecule has 1 aromatic carbocycles. The van der Waals surface area contributed by atoms with E-state index in [1.54, 1.807) is 7.11 Å². The van der Waals surface area contributed by atoms with Gasteiger partial charge in [0, 0.05) is 6.54 Å². The average Bonchev–Trinajstić information content (AvgIpc) is 2.75. The molecule has 0 spiro atoms. The van der Waals surface area contributed by atoms with Crippen molar-refractivity contribution in [1.82, 2.24) is 9.88 Å². The van der Waals surface area contributed by atoms with Crippen LogP contribution in [0.25, 0.3) is 10.2 Å². The van der Waals surface area contributed by atoms with Crippen molar-refractivity contribution in [1.29, 1.82) is 5.41 Å². The van der Waals surface area contributed by atoms with Crippen molar-refractivity contribution >= 4 is 21.6 Å². The number of aromatic nitrogens is 1. The summed E-state index contributed by atoms with van der Waals surface area (Å²) in [4.78, 5) is 0.641. The summed E-state index contributed by atoms with van der Waals surface area (Å²) in [6.45, 7) is 3.18. The summed E-state index contributed by atoms with van der Waals surface area (Å²) in [5.41, 5.74) is 1.16. The molecule has 0 unspecified atom stereocenters. The molecule has 0 saturated carbocycles. The van der Waals surface area contributed by atoms with Crippen LogP contribution in [0.4, 0.5) is 0 Å². The molecule has 2 aromatic rings. The number of fused-ring (bicyclic) bond motifs is 1. The van der Waals surface area contributed by atoms with Crippen molar-refractivity contribution in [3.63, 3.8) is 0 Å². The zero-order valence-corrected chi connectivity index (χ0v) is 11.9. The molecule has 3 rings (SSSR count). The highest BCUT2D eigenvalue weighted by Crippen LogP contribution is 2.24. The molecular formula is C14H19N3OS. The van der Waals surface area contributed by atoms with Gasteiger partial charge in [-0.05, 0) is 50.0 Å². The van der Waals surface area contributed by atoms with Crippen LogP contribution in [0.1, 0.15) is 12.8 Å². The zero-order valence-electron chi connectivity index (χ0n) is 11.1. The van der Waals surface area contributed by atoms with Crippen molar-refractivity contribution < 1.29 is 4.74 Å². The summed E-state index contributed by atoms with van der Waals surface area (Å²) in [5, 5.41) is 11.6. The SMILES string of the molecule is COc1ccc2c(c1)sc(=N)n2CC1CCNCC1. The largest absolute Gasteiger partial charge is 0.497 e. The Morgan fingerprint density at radius 2 is 2.21 bits per heavy atom. The fourth-order valence-corrected chi connectivity index (χ4v) is 3.65. The van der Waals surface area contributed by atoms with Crippen molar-refractivity contribution in [2.24, 2.45) is 5.92 Å². The topological polar surface area (TPSA) is 50.0 Å². The normalized spacial score (nSPS) is 16.9. The van der Waals surface area contributed by atoms with E-state index < -0.39 is 0 Å². The number of rotatable bonds is 3. The van der Waals surface area contributed by atoms with Crippen molar-refractivity contribution in [2.75, 3.05) is 20.2 Å². The molecule has 4 nitrogen and oxygen atoms in total. The van der Waals surface area contributed by atoms with E-state index in [4.69, 9.17) is 10.1 Å². The Hall–Kier alpha value is -1.33. The molecule has 0 atom stereocenters. The number of benzene rings is 1. The van der Waals surface area contributed by atoms with Gasteiger partial charge in [0.25, 0.3) is 0 Å². The Labute approximate surface area is 116 Å². The summed E-state index contributed by atoms with van der Waals surface area (Å²) < 4.78 is 8.53. The number of thiazole rings is 1. The standard InChI is InChI=1S/C14H19N3OS/c1-18-11-2-3-12-13(8-11)19-14(15)17(12)9-10-4-6-16-7-5-10/h2-3,8,10,15-16H,4-7,9H2,1H3. The quantitative estimate of drug-likeness (QED) is 0.903. The van der Waals surface area contributed by atoms with Gasteiger partial charge in [-0.3, -0.25) is 5.41 Å². The highest BCUT2D eigenvalue weighted by atomic mass is 32.1. The second-order valence-electron chi connectivity index (χ2n) is 5.04. The second-order valence-corrected chi connectivity index (χ2v) is 6.08. The van der Waals surface area contributed by atoms with Crippen molar-refractivity contribution in [3.05, 3.63) is 23.0 Å². The highest BCUT2D eigenvalue weighted by Gasteiger charge is 2.16. The van der Waals surface area contributed by atoms with Gasteiger partial charge in [0.05, 0.1) is 17.3 Å². The molecule has 0 bridgehead atoms. The molecule has 5 heteroatoms. The Kier molecular flexibility index (Phi) is 3.57. The molecule has 1 aliphatic heterocycles. The number of methoxy groups -OCH3 is 1. The molecule has 0 radical (unpaired) electrons. The van der Waals surface area contributed by atoms with Gasteiger partial charge < -0.3 is 14.6 Å². The summed E-state index contributed by atoms with van der Waals surface area (Å²) in [6, 6.07) is 6.08. The maximum Gasteiger partial charge on any atom is 0.182 e. The lowest BCUT2D eigenvalue weighted by Crippen LogP contribution is -2.31. The minimum absolute atomic E-state index is 0.641. The second kappa shape index (κ2) is 5.35. The first-order valence-corrected chi connectivity index (χ1v) is 7.52. The van der Waals surface area contributed by atoms with Gasteiger partial charge in [-0.1, -0.05) is 11.3 Å². The molecule has 102 valence electrons. The van der Waals surface area contributed by atoms with Crippen LogP contribution in [0.3, 0.4) is 0 Å². The molecule has 0 aliphatic carbocycles. The molecule has 2 N–H and O–H groups in total. The van der Waals surface area contributed by atoms with Crippen LogP contribution < -0.4 is 14.9 Å². The van der Waals surface area contributed by atoms with Gasteiger partial charge in [0.1, 0.15) is 5.75 Å². The lowest BCUT2D eigenvalue weighted by atomic mass is 9.98. The number of hydrogen-bond acceptors (Lipinski definition) is 4. The summed E-state index contributed by atoms with van der Waals surface area (Å²) in [7, 11) is 1.68. The first kappa shape index (κ1) is 12.7. The predicted octanol–water partition coefficient (Wildman–Crippen LogP) is 2.19. The van der Waals surface area contributed by atoms with Gasteiger partial charge in [-0.15, -0.1) is 0 Å². The Morgan fingerprint density at radius 3 is 2.95 bits per heavy atom. The third kappa shape index (κ3) is 2.53. The van der Waals surface area contributed by atoms with E-state index in [9.17, 15) is 0 Å². The number of nitrogens with one attached hydrogen (secondary N) is 2. The molecule has 1 aliphatic rings. The number of piperidine rings is 1. The number of ether oxygens (including phenoxy) is 1. The van der Waals surface area contributed by atoms with E-state index in [0.717, 1.165) is 35.6 Å². The average molecular weight is 277 g/mol. The first-order chi connectivity index (χ1) is 9.28. The van der Waals surface area contributed by atoms with Gasteiger partial charge in [-0.25, -0.2) is 0 Å². The Bertz CT molecular complexity index is 625. The summed E-state index contributed by atoms with van der Waals surface area (Å²) in [6.07, 6.45) is 2.42. The maximum atomic E-state index is 8.17. The van der Waals surface area contributed by atoms with E-state index >= 15 is 0 Å². The molecule has 1 fully saturated rings. The lowest BCUT2D eigenvalue weighted by molar-refractivity contribution is 0.334. The smallest absolute Gasteiger partial charge is 0.182 e. The summed E-state index contributed by atoms with van der Waals surface area (Å²) in [5.74, 6) is 1.55. The first-order valence-electron chi connectivity index (χ1n) is 6.70. The van der Waals surface area contributed by atoms with Crippen LogP contribution in [0.15, 0.2) is 18.2 Å². The van der Waals surface area contributed by atoms with Crippen molar-refractivity contribution in [2.45, 2.75) is 19.4 Å². The van der Waals surface area contributed by atoms with Crippen LogP contribution in [0.5, 0.6) is 5.75 Å². The van der Waals surface area contributed by atoms with Gasteiger partial charge >= 0.3 is 0 Å². The zero-order chi connectivity index (χ0) is 13.2. The lowest BCUT2D eigenvalue weighted by Gasteiger charge is -2.23. The van der Waals surface area contributed by atoms with E-state index in [0.29, 0.717) is 10.7 Å². The fourth-order valence-electron chi connectivity index (χ4n) is 2.70. The van der Waals surface area contributed by atoms with Crippen LogP contribution in [0, 0.1) is 11.3 Å². The summed E-state index contributed by atoms with van der Waals surface area (Å²) >= 11 is 1.53. The number of hydrogen-bond donors (Lipinski definition) is 2. The van der Waals surface area contributed by atoms with Crippen LogP contribution >= 0.6 is 11.3 Å². The molecule has 2 heterocycles. The van der Waals surface area contributed by atoms with E-state index in [1.807, 2.05) is 12.1 Å². The van der Waals surface area contributed by atoms with Crippen LogP contribution in [-0.4, -0.2) is 24.8 Å². The fraction of sp³-hybridized carbons (Fsp3) is 0.500. The maximum absolute atomic E-state index is 8.17. The Balaban J connectivity index is 1.93. The monoisotopic (exact) mass is 277 g/mol. The van der Waals surface area contributed by atoms with Crippen LogP contribution in [0.2, 0.25) is 0 Å². The number of nitrogens with zero attached hydrogens (tertiary/aromatic N) is 1. The van der Waals surface area contributed by atoms with E-state index in [-0.39, 0.29) is 0 Å². The predicted molar refractivity (Wildman–Crippen MR) is 77.8 cm³/mol. The van der Waals surface area contributed by atoms with E-state index in [2.05, 4.69) is 16.0 Å². The van der Waals surface area contributed by atoms with E-state index in [1.165, 1.54) is 24.2 Å². The van der Waals surface area contributed by atoms with Gasteiger partial charge in [-0.2, -0.15) is 0 Å². The Morgan fingerprint density at radius 1 is 1.42 bits per heavy atom. The van der Waals surface area contributed by atoms with Crippen LogP contribution in [-0.2, 0) is 6.54 Å². The molecule has 1 aromatic heterocycles. The molecule has 1 saturated heterocycles. The minimum atomic E-state index is 0.641. The third-order valence-corrected chi connectivity index (χ3v) is 4.77. The van der Waals surface area contributed by atoms with Crippen molar-refractivity contribution in [3.8, 4) is 5.75 Å². The third-order valence-electron chi connectivity index (χ3n) is 3.81. The van der Waals surface area contributed by atoms with Gasteiger partial charge in [0.15, 0.2) is 4.80 Å². The minimum Gasteiger partial charge on any atom is -0.497 e. The molecular weight excluding hydrogens is 258 g/mol. The molecule has 0 amide bonds. The molecule has 19 heavy (non-hydrogen) atoms.